The van der Waals surface area contributed by atoms with Crippen LogP contribution in [0.4, 0.5) is 13.2 Å². The molecule has 2 fully saturated rings. The van der Waals surface area contributed by atoms with E-state index in [1.807, 2.05) is 35.2 Å². The topological polar surface area (TPSA) is 75.4 Å². The van der Waals surface area contributed by atoms with E-state index in [1.165, 1.54) is 0 Å². The summed E-state index contributed by atoms with van der Waals surface area (Å²) >= 11 is 0. The van der Waals surface area contributed by atoms with Gasteiger partial charge in [0.1, 0.15) is 5.82 Å². The molecule has 2 aliphatic heterocycles. The summed E-state index contributed by atoms with van der Waals surface area (Å²) in [6.07, 6.45) is 3.21. The van der Waals surface area contributed by atoms with Crippen LogP contribution in [0.2, 0.25) is 0 Å². The molecule has 1 amide bonds. The van der Waals surface area contributed by atoms with Crippen molar-refractivity contribution in [2.75, 3.05) is 6.54 Å². The van der Waals surface area contributed by atoms with Gasteiger partial charge in [-0.3, -0.25) is 4.79 Å². The molecule has 33 heavy (non-hydrogen) atoms. The van der Waals surface area contributed by atoms with E-state index in [9.17, 15) is 22.2 Å². The number of halogens is 3. The van der Waals surface area contributed by atoms with Crippen LogP contribution in [0.25, 0.3) is 0 Å². The van der Waals surface area contributed by atoms with E-state index in [1.54, 1.807) is 0 Å². The first kappa shape index (κ1) is 23.9. The largest absolute Gasteiger partial charge is 0.336 e. The second-order valence-corrected chi connectivity index (χ2v) is 10.2. The monoisotopic (exact) mass is 479 g/mol. The highest BCUT2D eigenvalue weighted by atomic mass is 32.2. The quantitative estimate of drug-likeness (QED) is 0.571. The molecule has 0 saturated carbocycles. The Labute approximate surface area is 194 Å². The van der Waals surface area contributed by atoms with Crippen molar-refractivity contribution in [1.82, 2.24) is 9.62 Å². The molecule has 0 spiro atoms. The summed E-state index contributed by atoms with van der Waals surface area (Å²) < 4.78 is 55.9. The molecule has 4 rings (SSSR count). The van der Waals surface area contributed by atoms with Gasteiger partial charge in [0.05, 0.1) is 23.3 Å². The van der Waals surface area contributed by atoms with Gasteiger partial charge in [0.2, 0.25) is 5.91 Å². The predicted molar refractivity (Wildman–Crippen MR) is 121 cm³/mol. The van der Waals surface area contributed by atoms with E-state index in [2.05, 4.69) is 4.72 Å². The third kappa shape index (κ3) is 5.65. The summed E-state index contributed by atoms with van der Waals surface area (Å²) in [5.41, 5.74) is 7.34. The van der Waals surface area contributed by atoms with Gasteiger partial charge in [0, 0.05) is 24.2 Å². The third-order valence-electron chi connectivity index (χ3n) is 6.73. The van der Waals surface area contributed by atoms with Crippen molar-refractivity contribution in [2.45, 2.75) is 56.0 Å². The number of carbonyl (C=O) groups is 1. The van der Waals surface area contributed by atoms with Crippen molar-refractivity contribution in [3.8, 4) is 0 Å². The minimum Gasteiger partial charge on any atom is -0.336 e. The molecule has 0 aliphatic carbocycles. The lowest BCUT2D eigenvalue weighted by atomic mass is 9.82. The van der Waals surface area contributed by atoms with Gasteiger partial charge in [-0.2, -0.15) is 0 Å². The molecule has 178 valence electrons. The lowest BCUT2D eigenvalue weighted by Crippen LogP contribution is -2.52. The number of fused-ring (bicyclic) bond motifs is 2. The van der Waals surface area contributed by atoms with Crippen molar-refractivity contribution in [3.05, 3.63) is 71.0 Å². The number of rotatable bonds is 8. The summed E-state index contributed by atoms with van der Waals surface area (Å²) in [6.45, 7) is 0.00321. The Balaban J connectivity index is 1.31. The highest BCUT2D eigenvalue weighted by Crippen LogP contribution is 2.40. The standard InChI is InChI=1S/C24H28F3N3O2S/c25-20-12-22(27)21(26)10-16(20)11-23(28)17-8-18-6-7-19(9-17)30(18)24(31)13-29-33(32)14-15-4-2-1-3-5-15/h1-5,10,12,17-19,23,29H,6-9,11,13-14,28H2. The Morgan fingerprint density at radius 2 is 1.70 bits per heavy atom. The van der Waals surface area contributed by atoms with Gasteiger partial charge in [0.25, 0.3) is 0 Å². The number of hydrogen-bond acceptors (Lipinski definition) is 3. The Bertz CT molecular complexity index is 1010. The van der Waals surface area contributed by atoms with Crippen LogP contribution in [0.3, 0.4) is 0 Å². The Hall–Kier alpha value is -2.23. The zero-order valence-corrected chi connectivity index (χ0v) is 19.0. The van der Waals surface area contributed by atoms with Crippen LogP contribution in [-0.2, 0) is 28.0 Å². The number of benzene rings is 2. The number of nitrogens with zero attached hydrogens (tertiary/aromatic N) is 1. The second-order valence-electron chi connectivity index (χ2n) is 8.94. The maximum absolute atomic E-state index is 14.0. The summed E-state index contributed by atoms with van der Waals surface area (Å²) in [5, 5.41) is 0. The fourth-order valence-corrected chi connectivity index (χ4v) is 6.01. The molecule has 2 heterocycles. The van der Waals surface area contributed by atoms with Crippen LogP contribution < -0.4 is 10.5 Å². The lowest BCUT2D eigenvalue weighted by molar-refractivity contribution is -0.135. The number of carbonyl (C=O) groups excluding carboxylic acids is 1. The molecule has 2 bridgehead atoms. The maximum atomic E-state index is 14.0. The van der Waals surface area contributed by atoms with E-state index >= 15 is 0 Å². The molecular formula is C24H28F3N3O2S. The summed E-state index contributed by atoms with van der Waals surface area (Å²) in [6, 6.07) is 10.5. The number of nitrogens with one attached hydrogen (secondary N) is 1. The Morgan fingerprint density at radius 1 is 1.06 bits per heavy atom. The molecule has 5 nitrogen and oxygen atoms in total. The number of hydrogen-bond donors (Lipinski definition) is 2. The van der Waals surface area contributed by atoms with Crippen LogP contribution in [0.5, 0.6) is 0 Å². The first-order valence-corrected chi connectivity index (χ1v) is 12.5. The van der Waals surface area contributed by atoms with Gasteiger partial charge in [0.15, 0.2) is 11.6 Å². The van der Waals surface area contributed by atoms with Crippen molar-refractivity contribution in [3.63, 3.8) is 0 Å². The van der Waals surface area contributed by atoms with E-state index < -0.39 is 34.5 Å². The fraction of sp³-hybridized carbons (Fsp3) is 0.458. The van der Waals surface area contributed by atoms with E-state index in [0.29, 0.717) is 24.7 Å². The van der Waals surface area contributed by atoms with Crippen LogP contribution in [-0.4, -0.2) is 39.7 Å². The van der Waals surface area contributed by atoms with E-state index in [4.69, 9.17) is 5.73 Å². The molecule has 4 unspecified atom stereocenters. The van der Waals surface area contributed by atoms with Gasteiger partial charge in [-0.05, 0) is 55.2 Å². The average molecular weight is 480 g/mol. The van der Waals surface area contributed by atoms with Gasteiger partial charge in [-0.15, -0.1) is 0 Å². The zero-order valence-electron chi connectivity index (χ0n) is 18.2. The van der Waals surface area contributed by atoms with Gasteiger partial charge in [-0.25, -0.2) is 22.1 Å². The summed E-state index contributed by atoms with van der Waals surface area (Å²) in [5.74, 6) is -2.79. The first-order valence-electron chi connectivity index (χ1n) is 11.2. The highest BCUT2D eigenvalue weighted by molar-refractivity contribution is 7.82. The number of amides is 1. The van der Waals surface area contributed by atoms with Crippen molar-refractivity contribution in [1.29, 1.82) is 0 Å². The van der Waals surface area contributed by atoms with Crippen molar-refractivity contribution in [2.24, 2.45) is 11.7 Å². The molecule has 3 N–H and O–H groups in total. The Kier molecular flexibility index (Phi) is 7.51. The average Bonchev–Trinajstić information content (AvgIpc) is 3.05. The van der Waals surface area contributed by atoms with Gasteiger partial charge >= 0.3 is 0 Å². The molecule has 0 aromatic heterocycles. The molecule has 2 aliphatic rings. The SMILES string of the molecule is NC(Cc1cc(F)c(F)cc1F)C1CC2CCC(C1)N2C(=O)CNS(=O)Cc1ccccc1. The van der Waals surface area contributed by atoms with Crippen LogP contribution >= 0.6 is 0 Å². The number of nitrogens with two attached hydrogens (primary N) is 1. The summed E-state index contributed by atoms with van der Waals surface area (Å²) in [4.78, 5) is 14.8. The van der Waals surface area contributed by atoms with Gasteiger partial charge < -0.3 is 10.6 Å². The fourth-order valence-electron chi connectivity index (χ4n) is 5.13. The molecule has 2 aromatic carbocycles. The van der Waals surface area contributed by atoms with Gasteiger partial charge in [-0.1, -0.05) is 30.3 Å². The molecule has 0 radical (unpaired) electrons. The van der Waals surface area contributed by atoms with E-state index in [-0.39, 0.29) is 42.4 Å². The Morgan fingerprint density at radius 3 is 2.36 bits per heavy atom. The van der Waals surface area contributed by atoms with Crippen LogP contribution in [0.1, 0.15) is 36.8 Å². The van der Waals surface area contributed by atoms with Crippen LogP contribution in [0, 0.1) is 23.4 Å². The molecule has 4 atom stereocenters. The van der Waals surface area contributed by atoms with Crippen molar-refractivity contribution < 1.29 is 22.2 Å². The smallest absolute Gasteiger partial charge is 0.238 e. The molecule has 2 aromatic rings. The minimum atomic E-state index is -1.35. The third-order valence-corrected chi connectivity index (χ3v) is 7.79. The minimum absolute atomic E-state index is 0.00321. The van der Waals surface area contributed by atoms with Crippen LogP contribution in [0.15, 0.2) is 42.5 Å². The second kappa shape index (κ2) is 10.4. The lowest BCUT2D eigenvalue weighted by Gasteiger charge is -2.41. The zero-order chi connectivity index (χ0) is 23.5. The number of piperidine rings is 1. The molecular weight excluding hydrogens is 451 g/mol. The predicted octanol–water partition coefficient (Wildman–Crippen LogP) is 3.20. The molecule has 2 saturated heterocycles. The first-order chi connectivity index (χ1) is 15.8. The summed E-state index contributed by atoms with van der Waals surface area (Å²) in [7, 11) is -1.35. The highest BCUT2D eigenvalue weighted by Gasteiger charge is 2.44. The van der Waals surface area contributed by atoms with Crippen molar-refractivity contribution >= 4 is 16.9 Å². The van der Waals surface area contributed by atoms with E-state index in [0.717, 1.165) is 24.5 Å². The molecule has 9 heteroatoms. The normalized spacial score (nSPS) is 24.0. The maximum Gasteiger partial charge on any atom is 0.238 e.